The molecule has 0 amide bonds. The fraction of sp³-hybridized carbons (Fsp3) is 0.143. The Balaban J connectivity index is 2.69. The summed E-state index contributed by atoms with van der Waals surface area (Å²) < 4.78 is 1.54. The van der Waals surface area contributed by atoms with Gasteiger partial charge >= 0.3 is 0 Å². The maximum Gasteiger partial charge on any atom is 0.268 e. The van der Waals surface area contributed by atoms with E-state index in [2.05, 4.69) is 0 Å². The summed E-state index contributed by atoms with van der Waals surface area (Å²) in [5, 5.41) is 9.77. The third-order valence-electron chi connectivity index (χ3n) is 2.83. The van der Waals surface area contributed by atoms with E-state index in [9.17, 15) is 4.79 Å². The predicted molar refractivity (Wildman–Crippen MR) is 76.5 cm³/mol. The molecule has 0 unspecified atom stereocenters. The van der Waals surface area contributed by atoms with Gasteiger partial charge in [-0.05, 0) is 36.8 Å². The summed E-state index contributed by atoms with van der Waals surface area (Å²) in [5.74, 6) is 0. The number of nitrogens with zero attached hydrogens (tertiary/aromatic N) is 2. The minimum absolute atomic E-state index is 0.130. The van der Waals surface area contributed by atoms with Crippen molar-refractivity contribution in [1.29, 1.82) is 5.26 Å². The monoisotopic (exact) mass is 292 g/mol. The molecule has 2 aromatic rings. The second kappa shape index (κ2) is 5.48. The van der Waals surface area contributed by atoms with Crippen LogP contribution in [0.3, 0.4) is 0 Å². The molecule has 0 bridgehead atoms. The molecule has 0 atom stereocenters. The second-order valence-corrected chi connectivity index (χ2v) is 4.74. The van der Waals surface area contributed by atoms with Crippen molar-refractivity contribution < 1.29 is 0 Å². The lowest BCUT2D eigenvalue weighted by Crippen LogP contribution is -2.23. The predicted octanol–water partition coefficient (Wildman–Crippen LogP) is 3.71. The Morgan fingerprint density at radius 2 is 1.95 bits per heavy atom. The molecule has 0 fully saturated rings. The first-order valence-electron chi connectivity index (χ1n) is 5.67. The van der Waals surface area contributed by atoms with Crippen LogP contribution in [-0.2, 0) is 6.54 Å². The van der Waals surface area contributed by atoms with Gasteiger partial charge in [0.15, 0.2) is 0 Å². The summed E-state index contributed by atoms with van der Waals surface area (Å²) in [6.45, 7) is 2.33. The zero-order chi connectivity index (χ0) is 14.0. The molecular weight excluding hydrogens is 283 g/mol. The highest BCUT2D eigenvalue weighted by molar-refractivity contribution is 6.42. The number of pyridine rings is 1. The van der Waals surface area contributed by atoms with Gasteiger partial charge in [-0.15, -0.1) is 0 Å². The lowest BCUT2D eigenvalue weighted by Gasteiger charge is -2.12. The van der Waals surface area contributed by atoms with Gasteiger partial charge in [0.1, 0.15) is 11.6 Å². The van der Waals surface area contributed by atoms with Gasteiger partial charge in [-0.1, -0.05) is 29.3 Å². The molecule has 0 N–H and O–H groups in total. The van der Waals surface area contributed by atoms with Crippen molar-refractivity contribution >= 4 is 23.2 Å². The van der Waals surface area contributed by atoms with Gasteiger partial charge in [-0.3, -0.25) is 4.79 Å². The Morgan fingerprint density at radius 3 is 2.53 bits per heavy atom. The molecule has 0 saturated carbocycles. The number of nitriles is 1. The van der Waals surface area contributed by atoms with Gasteiger partial charge in [0, 0.05) is 6.54 Å². The smallest absolute Gasteiger partial charge is 0.268 e. The van der Waals surface area contributed by atoms with Gasteiger partial charge < -0.3 is 4.57 Å². The molecule has 0 spiro atoms. The molecule has 19 heavy (non-hydrogen) atoms. The van der Waals surface area contributed by atoms with E-state index in [1.165, 1.54) is 10.6 Å². The van der Waals surface area contributed by atoms with Crippen molar-refractivity contribution in [2.75, 3.05) is 0 Å². The van der Waals surface area contributed by atoms with E-state index in [4.69, 9.17) is 28.5 Å². The molecular formula is C14H10Cl2N2O. The Bertz CT molecular complexity index is 729. The summed E-state index contributed by atoms with van der Waals surface area (Å²) >= 11 is 11.9. The van der Waals surface area contributed by atoms with Crippen LogP contribution in [0, 0.1) is 11.3 Å². The standard InChI is InChI=1S/C14H10Cl2N2O/c1-2-18-13(6-4-10(8-17)14(18)19)9-3-5-11(15)12(16)7-9/h3-7H,2H2,1H3. The highest BCUT2D eigenvalue weighted by Gasteiger charge is 2.10. The number of rotatable bonds is 2. The third kappa shape index (κ3) is 2.51. The summed E-state index contributed by atoms with van der Waals surface area (Å²) in [4.78, 5) is 12.1. The molecule has 1 heterocycles. The average Bonchev–Trinajstić information content (AvgIpc) is 2.41. The molecule has 0 saturated heterocycles. The van der Waals surface area contributed by atoms with Crippen molar-refractivity contribution in [3.63, 3.8) is 0 Å². The molecule has 2 rings (SSSR count). The molecule has 0 radical (unpaired) electrons. The first-order valence-corrected chi connectivity index (χ1v) is 6.43. The Kier molecular flexibility index (Phi) is 3.94. The number of aromatic nitrogens is 1. The minimum atomic E-state index is -0.298. The van der Waals surface area contributed by atoms with Crippen LogP contribution >= 0.6 is 23.2 Å². The van der Waals surface area contributed by atoms with Gasteiger partial charge in [-0.25, -0.2) is 0 Å². The fourth-order valence-electron chi connectivity index (χ4n) is 1.88. The summed E-state index contributed by atoms with van der Waals surface area (Å²) in [7, 11) is 0. The highest BCUT2D eigenvalue weighted by atomic mass is 35.5. The number of hydrogen-bond acceptors (Lipinski definition) is 2. The van der Waals surface area contributed by atoms with E-state index < -0.39 is 0 Å². The summed E-state index contributed by atoms with van der Waals surface area (Å²) in [5.41, 5.74) is 1.34. The van der Waals surface area contributed by atoms with E-state index in [0.29, 0.717) is 22.3 Å². The van der Waals surface area contributed by atoms with E-state index in [0.717, 1.165) is 5.56 Å². The zero-order valence-corrected chi connectivity index (χ0v) is 11.7. The lowest BCUT2D eigenvalue weighted by molar-refractivity contribution is 0.733. The topological polar surface area (TPSA) is 45.8 Å². The van der Waals surface area contributed by atoms with Crippen LogP contribution in [0.4, 0.5) is 0 Å². The van der Waals surface area contributed by atoms with Crippen molar-refractivity contribution in [3.8, 4) is 17.3 Å². The zero-order valence-electron chi connectivity index (χ0n) is 10.2. The molecule has 5 heteroatoms. The van der Waals surface area contributed by atoms with Crippen LogP contribution in [0.25, 0.3) is 11.3 Å². The lowest BCUT2D eigenvalue weighted by atomic mass is 10.1. The summed E-state index contributed by atoms with van der Waals surface area (Å²) in [6.07, 6.45) is 0. The van der Waals surface area contributed by atoms with Crippen LogP contribution in [0.1, 0.15) is 12.5 Å². The largest absolute Gasteiger partial charge is 0.307 e. The van der Waals surface area contributed by atoms with E-state index in [1.807, 2.05) is 13.0 Å². The SMILES string of the molecule is CCn1c(-c2ccc(Cl)c(Cl)c2)ccc(C#N)c1=O. The summed E-state index contributed by atoms with van der Waals surface area (Å²) in [6, 6.07) is 10.3. The minimum Gasteiger partial charge on any atom is -0.307 e. The van der Waals surface area contributed by atoms with Gasteiger partial charge in [-0.2, -0.15) is 5.26 Å². The molecule has 3 nitrogen and oxygen atoms in total. The highest BCUT2D eigenvalue weighted by Crippen LogP contribution is 2.28. The van der Waals surface area contributed by atoms with Crippen molar-refractivity contribution in [1.82, 2.24) is 4.57 Å². The van der Waals surface area contributed by atoms with Crippen LogP contribution < -0.4 is 5.56 Å². The maximum absolute atomic E-state index is 12.1. The Morgan fingerprint density at radius 1 is 1.21 bits per heavy atom. The van der Waals surface area contributed by atoms with E-state index in [1.54, 1.807) is 24.3 Å². The first-order chi connectivity index (χ1) is 9.08. The Labute approximate surface area is 120 Å². The quantitative estimate of drug-likeness (QED) is 0.847. The maximum atomic E-state index is 12.1. The van der Waals surface area contributed by atoms with Gasteiger partial charge in [0.2, 0.25) is 0 Å². The number of benzene rings is 1. The number of hydrogen-bond donors (Lipinski definition) is 0. The van der Waals surface area contributed by atoms with Crippen molar-refractivity contribution in [2.45, 2.75) is 13.5 Å². The Hall–Kier alpha value is -1.76. The normalized spacial score (nSPS) is 10.2. The van der Waals surface area contributed by atoms with E-state index >= 15 is 0 Å². The third-order valence-corrected chi connectivity index (χ3v) is 3.57. The number of halogens is 2. The molecule has 0 aliphatic carbocycles. The van der Waals surface area contributed by atoms with Crippen LogP contribution in [0.5, 0.6) is 0 Å². The van der Waals surface area contributed by atoms with Gasteiger partial charge in [0.05, 0.1) is 15.7 Å². The first kappa shape index (κ1) is 13.7. The van der Waals surface area contributed by atoms with Crippen molar-refractivity contribution in [2.24, 2.45) is 0 Å². The fourth-order valence-corrected chi connectivity index (χ4v) is 2.18. The molecule has 1 aromatic heterocycles. The molecule has 0 aliphatic heterocycles. The van der Waals surface area contributed by atoms with E-state index in [-0.39, 0.29) is 11.1 Å². The van der Waals surface area contributed by atoms with Crippen LogP contribution in [0.2, 0.25) is 10.0 Å². The molecule has 96 valence electrons. The average molecular weight is 293 g/mol. The second-order valence-electron chi connectivity index (χ2n) is 3.92. The van der Waals surface area contributed by atoms with Crippen LogP contribution in [-0.4, -0.2) is 4.57 Å². The van der Waals surface area contributed by atoms with Gasteiger partial charge in [0.25, 0.3) is 5.56 Å². The van der Waals surface area contributed by atoms with Crippen molar-refractivity contribution in [3.05, 3.63) is 56.3 Å². The molecule has 1 aromatic carbocycles. The van der Waals surface area contributed by atoms with Crippen LogP contribution in [0.15, 0.2) is 35.1 Å². The molecule has 0 aliphatic rings.